The lowest BCUT2D eigenvalue weighted by molar-refractivity contribution is -0.114. The third kappa shape index (κ3) is 3.19. The molecule has 7 heteroatoms. The van der Waals surface area contributed by atoms with Crippen molar-refractivity contribution in [2.24, 2.45) is 0 Å². The molecule has 0 saturated heterocycles. The molecule has 0 aliphatic heterocycles. The minimum Gasteiger partial charge on any atom is -0.462 e. The molecule has 1 N–H and O–H groups in total. The molecule has 0 unspecified atom stereocenters. The quantitative estimate of drug-likeness (QED) is 0.666. The fourth-order valence-electron chi connectivity index (χ4n) is 1.32. The van der Waals surface area contributed by atoms with Crippen LogP contribution in [0.15, 0.2) is 17.3 Å². The summed E-state index contributed by atoms with van der Waals surface area (Å²) in [6.07, 6.45) is 1.63. The molecule has 0 spiro atoms. The van der Waals surface area contributed by atoms with Crippen LogP contribution >= 0.6 is 15.9 Å². The van der Waals surface area contributed by atoms with Crippen molar-refractivity contribution in [2.75, 3.05) is 11.9 Å². The first-order chi connectivity index (χ1) is 8.51. The average Bonchev–Trinajstić information content (AvgIpc) is 2.55. The smallest absolute Gasteiger partial charge is 0.344 e. The van der Waals surface area contributed by atoms with Gasteiger partial charge in [-0.1, -0.05) is 6.08 Å². The number of carbonyl (C=O) groups excluding carboxylic acids is 2. The lowest BCUT2D eigenvalue weighted by Gasteiger charge is -2.02. The van der Waals surface area contributed by atoms with Gasteiger partial charge in [0, 0.05) is 6.92 Å². The number of hydrogen-bond donors (Lipinski definition) is 1. The zero-order valence-corrected chi connectivity index (χ0v) is 11.8. The zero-order valence-electron chi connectivity index (χ0n) is 10.2. The number of anilines is 1. The molecule has 1 rings (SSSR count). The van der Waals surface area contributed by atoms with Gasteiger partial charge < -0.3 is 10.1 Å². The van der Waals surface area contributed by atoms with E-state index in [2.05, 4.69) is 32.9 Å². The summed E-state index contributed by atoms with van der Waals surface area (Å²) in [5.41, 5.74) is 0.203. The van der Waals surface area contributed by atoms with Gasteiger partial charge in [0.25, 0.3) is 0 Å². The van der Waals surface area contributed by atoms with Crippen LogP contribution in [0.2, 0.25) is 0 Å². The van der Waals surface area contributed by atoms with E-state index < -0.39 is 5.97 Å². The molecule has 6 nitrogen and oxygen atoms in total. The van der Waals surface area contributed by atoms with Gasteiger partial charge in [-0.05, 0) is 22.9 Å². The molecule has 98 valence electrons. The molecule has 1 heterocycles. The second-order valence-corrected chi connectivity index (χ2v) is 4.14. The molecule has 0 fully saturated rings. The maximum absolute atomic E-state index is 11.8. The van der Waals surface area contributed by atoms with Gasteiger partial charge in [-0.2, -0.15) is 5.10 Å². The van der Waals surface area contributed by atoms with Gasteiger partial charge in [0.1, 0.15) is 10.2 Å². The van der Waals surface area contributed by atoms with Gasteiger partial charge >= 0.3 is 5.97 Å². The van der Waals surface area contributed by atoms with Crippen molar-refractivity contribution in [3.63, 3.8) is 0 Å². The molecule has 1 aromatic rings. The van der Waals surface area contributed by atoms with Crippen LogP contribution in [0.4, 0.5) is 5.82 Å². The molecular formula is C11H14BrN3O3. The van der Waals surface area contributed by atoms with Gasteiger partial charge in [0.2, 0.25) is 5.91 Å². The van der Waals surface area contributed by atoms with Crippen LogP contribution in [0.5, 0.6) is 0 Å². The minimum atomic E-state index is -0.538. The van der Waals surface area contributed by atoms with E-state index >= 15 is 0 Å². The Hall–Kier alpha value is -1.63. The van der Waals surface area contributed by atoms with Gasteiger partial charge in [-0.25, -0.2) is 4.79 Å². The van der Waals surface area contributed by atoms with Crippen molar-refractivity contribution >= 4 is 33.6 Å². The van der Waals surface area contributed by atoms with E-state index in [4.69, 9.17) is 4.74 Å². The molecule has 0 bridgehead atoms. The van der Waals surface area contributed by atoms with Crippen molar-refractivity contribution in [2.45, 2.75) is 20.4 Å². The Labute approximate surface area is 113 Å². The zero-order chi connectivity index (χ0) is 13.7. The van der Waals surface area contributed by atoms with Crippen molar-refractivity contribution in [1.82, 2.24) is 9.78 Å². The molecule has 0 saturated carbocycles. The molecule has 1 aromatic heterocycles. The molecule has 0 aliphatic carbocycles. The maximum Gasteiger partial charge on any atom is 0.344 e. The predicted octanol–water partition coefficient (Wildman–Crippen LogP) is 1.97. The first-order valence-corrected chi connectivity index (χ1v) is 6.12. The number of rotatable bonds is 5. The Morgan fingerprint density at radius 1 is 1.61 bits per heavy atom. The Morgan fingerprint density at radius 3 is 2.78 bits per heavy atom. The number of amides is 1. The molecule has 0 aliphatic rings. The Morgan fingerprint density at radius 2 is 2.28 bits per heavy atom. The van der Waals surface area contributed by atoms with E-state index in [9.17, 15) is 9.59 Å². The number of nitrogens with one attached hydrogen (secondary N) is 1. The highest BCUT2D eigenvalue weighted by atomic mass is 79.9. The van der Waals surface area contributed by atoms with Crippen molar-refractivity contribution in [3.8, 4) is 0 Å². The summed E-state index contributed by atoms with van der Waals surface area (Å²) in [5.74, 6) is -0.672. The van der Waals surface area contributed by atoms with Gasteiger partial charge in [-0.15, -0.1) is 6.58 Å². The van der Waals surface area contributed by atoms with Crippen molar-refractivity contribution in [3.05, 3.63) is 22.8 Å². The lowest BCUT2D eigenvalue weighted by Crippen LogP contribution is -2.12. The number of esters is 1. The second-order valence-electron chi connectivity index (χ2n) is 3.39. The topological polar surface area (TPSA) is 73.2 Å². The molecular weight excluding hydrogens is 302 g/mol. The first kappa shape index (κ1) is 14.4. The van der Waals surface area contributed by atoms with E-state index in [1.165, 1.54) is 11.6 Å². The van der Waals surface area contributed by atoms with E-state index in [1.54, 1.807) is 13.0 Å². The van der Waals surface area contributed by atoms with Crippen molar-refractivity contribution in [1.29, 1.82) is 0 Å². The number of hydrogen-bond acceptors (Lipinski definition) is 4. The monoisotopic (exact) mass is 315 g/mol. The minimum absolute atomic E-state index is 0.176. The highest BCUT2D eigenvalue weighted by molar-refractivity contribution is 9.10. The van der Waals surface area contributed by atoms with E-state index in [0.29, 0.717) is 11.1 Å². The number of ether oxygens (including phenoxy) is 1. The number of nitrogens with zero attached hydrogens (tertiary/aromatic N) is 2. The van der Waals surface area contributed by atoms with Gasteiger partial charge in [0.15, 0.2) is 5.82 Å². The fourth-order valence-corrected chi connectivity index (χ4v) is 1.90. The first-order valence-electron chi connectivity index (χ1n) is 5.33. The molecule has 18 heavy (non-hydrogen) atoms. The summed E-state index contributed by atoms with van der Waals surface area (Å²) < 4.78 is 6.88. The van der Waals surface area contributed by atoms with Crippen LogP contribution in [0.25, 0.3) is 0 Å². The fraction of sp³-hybridized carbons (Fsp3) is 0.364. The summed E-state index contributed by atoms with van der Waals surface area (Å²) in [7, 11) is 0. The van der Waals surface area contributed by atoms with E-state index in [-0.39, 0.29) is 23.9 Å². The summed E-state index contributed by atoms with van der Waals surface area (Å²) in [6, 6.07) is 0. The highest BCUT2D eigenvalue weighted by Crippen LogP contribution is 2.25. The Kier molecular flexibility index (Phi) is 5.08. The summed E-state index contributed by atoms with van der Waals surface area (Å²) in [4.78, 5) is 22.9. The van der Waals surface area contributed by atoms with Gasteiger partial charge in [-0.3, -0.25) is 9.48 Å². The number of allylic oxidation sites excluding steroid dienone is 1. The van der Waals surface area contributed by atoms with Crippen LogP contribution in [-0.4, -0.2) is 28.3 Å². The van der Waals surface area contributed by atoms with E-state index in [0.717, 1.165) is 0 Å². The predicted molar refractivity (Wildman–Crippen MR) is 70.4 cm³/mol. The van der Waals surface area contributed by atoms with Crippen LogP contribution < -0.4 is 5.32 Å². The Balaban J connectivity index is 3.21. The lowest BCUT2D eigenvalue weighted by atomic mass is 10.3. The number of halogens is 1. The molecule has 1 amide bonds. The van der Waals surface area contributed by atoms with Gasteiger partial charge in [0.05, 0.1) is 13.2 Å². The van der Waals surface area contributed by atoms with Crippen LogP contribution in [0.1, 0.15) is 24.2 Å². The number of aromatic nitrogens is 2. The standard InChI is InChI=1S/C11H14BrN3O3/c1-4-6-15-9(12)8(11(17)18-5-2)10(14-15)13-7(3)16/h4H,1,5-6H2,2-3H3,(H,13,14,16). The molecule has 0 atom stereocenters. The SMILES string of the molecule is C=CCn1nc(NC(C)=O)c(C(=O)OCC)c1Br. The van der Waals surface area contributed by atoms with E-state index in [1.807, 2.05) is 0 Å². The largest absolute Gasteiger partial charge is 0.462 e. The maximum atomic E-state index is 11.8. The van der Waals surface area contributed by atoms with Crippen molar-refractivity contribution < 1.29 is 14.3 Å². The van der Waals surface area contributed by atoms with Crippen LogP contribution in [-0.2, 0) is 16.1 Å². The second kappa shape index (κ2) is 6.34. The third-order valence-electron chi connectivity index (χ3n) is 1.97. The van der Waals surface area contributed by atoms with Crippen LogP contribution in [0.3, 0.4) is 0 Å². The molecule has 0 aromatic carbocycles. The third-order valence-corrected chi connectivity index (χ3v) is 2.77. The summed E-state index contributed by atoms with van der Waals surface area (Å²) >= 11 is 3.26. The normalized spacial score (nSPS) is 9.94. The highest BCUT2D eigenvalue weighted by Gasteiger charge is 2.23. The summed E-state index contributed by atoms with van der Waals surface area (Å²) in [6.45, 7) is 7.30. The summed E-state index contributed by atoms with van der Waals surface area (Å²) in [5, 5.41) is 6.61. The van der Waals surface area contributed by atoms with Crippen LogP contribution in [0, 0.1) is 0 Å². The Bertz CT molecular complexity index is 482. The number of carbonyl (C=O) groups is 2. The molecule has 0 radical (unpaired) electrons. The average molecular weight is 316 g/mol.